The average Bonchev–Trinajstić information content (AvgIpc) is 2.90. The molecule has 2 aromatic carbocycles. The van der Waals surface area contributed by atoms with E-state index in [0.29, 0.717) is 16.4 Å². The summed E-state index contributed by atoms with van der Waals surface area (Å²) in [5, 5.41) is 11.0. The molecule has 2 N–H and O–H groups in total. The van der Waals surface area contributed by atoms with E-state index in [1.807, 2.05) is 24.5 Å². The summed E-state index contributed by atoms with van der Waals surface area (Å²) in [6, 6.07) is 11.2. The molecule has 120 valence electrons. The van der Waals surface area contributed by atoms with Gasteiger partial charge < -0.3 is 5.32 Å². The first-order chi connectivity index (χ1) is 11.7. The smallest absolute Gasteiger partial charge is 0.144 e. The molecule has 2 heterocycles. The Morgan fingerprint density at radius 2 is 1.75 bits per heavy atom. The van der Waals surface area contributed by atoms with Gasteiger partial charge in [0.15, 0.2) is 0 Å². The molecule has 1 aromatic heterocycles. The maximum atomic E-state index is 14.2. The van der Waals surface area contributed by atoms with Gasteiger partial charge in [0.05, 0.1) is 16.9 Å². The van der Waals surface area contributed by atoms with Crippen molar-refractivity contribution in [3.63, 3.8) is 0 Å². The summed E-state index contributed by atoms with van der Waals surface area (Å²) in [6.07, 6.45) is 1.88. The van der Waals surface area contributed by atoms with Gasteiger partial charge in [-0.3, -0.25) is 5.10 Å². The van der Waals surface area contributed by atoms with Gasteiger partial charge in [0.25, 0.3) is 0 Å². The van der Waals surface area contributed by atoms with Gasteiger partial charge in [-0.05, 0) is 24.5 Å². The molecule has 0 saturated heterocycles. The molecule has 0 aliphatic carbocycles. The molecule has 3 aromatic rings. The van der Waals surface area contributed by atoms with Crippen molar-refractivity contribution in [2.75, 3.05) is 11.6 Å². The number of aromatic amines is 1. The molecule has 4 nitrogen and oxygen atoms in total. The number of hydrogen-bond acceptors (Lipinski definition) is 4. The van der Waals surface area contributed by atoms with E-state index in [4.69, 9.17) is 0 Å². The first-order valence-corrected chi connectivity index (χ1v) is 8.43. The number of aliphatic imine (C=N–C) groups is 1. The van der Waals surface area contributed by atoms with Crippen LogP contribution in [0, 0.1) is 11.6 Å². The Kier molecular flexibility index (Phi) is 3.57. The number of rotatable bonds is 2. The number of para-hydroxylation sites is 1. The molecule has 0 amide bonds. The lowest BCUT2D eigenvalue weighted by molar-refractivity contribution is 0.579. The topological polar surface area (TPSA) is 53.1 Å². The van der Waals surface area contributed by atoms with E-state index in [-0.39, 0.29) is 11.4 Å². The Hall–Kier alpha value is -2.67. The Balaban J connectivity index is 2.00. The standard InChI is InChI=1S/C17H12F2N4S/c1-24-17-15-14(22-23-17)9-5-2-3-8-12(9)20-16(21-15)13-10(18)6-4-7-11(13)19/h2-8H,1H3,(H,20,21)(H,22,23). The van der Waals surface area contributed by atoms with Crippen LogP contribution in [-0.4, -0.2) is 22.3 Å². The molecule has 4 rings (SSSR count). The highest BCUT2D eigenvalue weighted by atomic mass is 32.2. The van der Waals surface area contributed by atoms with E-state index in [9.17, 15) is 8.78 Å². The van der Waals surface area contributed by atoms with E-state index < -0.39 is 11.6 Å². The number of fused-ring (bicyclic) bond motifs is 3. The lowest BCUT2D eigenvalue weighted by atomic mass is 10.1. The molecule has 24 heavy (non-hydrogen) atoms. The van der Waals surface area contributed by atoms with Crippen molar-refractivity contribution in [2.45, 2.75) is 5.03 Å². The molecule has 0 atom stereocenters. The average molecular weight is 342 g/mol. The van der Waals surface area contributed by atoms with Crippen LogP contribution in [0.15, 0.2) is 52.5 Å². The highest BCUT2D eigenvalue weighted by Gasteiger charge is 2.25. The number of thioether (sulfide) groups is 1. The molecule has 0 spiro atoms. The van der Waals surface area contributed by atoms with E-state index in [0.717, 1.165) is 11.3 Å². The molecule has 0 radical (unpaired) electrons. The van der Waals surface area contributed by atoms with Crippen molar-refractivity contribution in [1.29, 1.82) is 0 Å². The number of H-pyrrole nitrogens is 1. The fourth-order valence-electron chi connectivity index (χ4n) is 2.68. The van der Waals surface area contributed by atoms with Gasteiger partial charge in [-0.25, -0.2) is 13.8 Å². The van der Waals surface area contributed by atoms with Gasteiger partial charge >= 0.3 is 0 Å². The molecule has 0 saturated carbocycles. The van der Waals surface area contributed by atoms with Crippen molar-refractivity contribution in [1.82, 2.24) is 10.2 Å². The third-order valence-corrected chi connectivity index (χ3v) is 4.46. The van der Waals surface area contributed by atoms with Crippen molar-refractivity contribution < 1.29 is 8.78 Å². The molecule has 7 heteroatoms. The summed E-state index contributed by atoms with van der Waals surface area (Å²) in [5.41, 5.74) is 2.64. The van der Waals surface area contributed by atoms with Gasteiger partial charge in [-0.1, -0.05) is 24.3 Å². The minimum absolute atomic E-state index is 0.119. The number of benzene rings is 2. The maximum Gasteiger partial charge on any atom is 0.144 e. The zero-order valence-corrected chi connectivity index (χ0v) is 13.4. The molecular formula is C17H12F2N4S. The molecule has 0 fully saturated rings. The maximum absolute atomic E-state index is 14.2. The number of hydrogen-bond donors (Lipinski definition) is 2. The first kappa shape index (κ1) is 14.9. The van der Waals surface area contributed by atoms with E-state index >= 15 is 0 Å². The van der Waals surface area contributed by atoms with Crippen LogP contribution in [-0.2, 0) is 0 Å². The summed E-state index contributed by atoms with van der Waals surface area (Å²) >= 11 is 1.43. The first-order valence-electron chi connectivity index (χ1n) is 7.21. The Morgan fingerprint density at radius 1 is 1.00 bits per heavy atom. The Bertz CT molecular complexity index is 945. The van der Waals surface area contributed by atoms with Gasteiger partial charge in [-0.2, -0.15) is 5.10 Å². The number of nitrogens with one attached hydrogen (secondary N) is 2. The van der Waals surface area contributed by atoms with Crippen LogP contribution in [0.4, 0.5) is 20.2 Å². The monoisotopic (exact) mass is 342 g/mol. The van der Waals surface area contributed by atoms with Crippen molar-refractivity contribution >= 4 is 29.0 Å². The SMILES string of the molecule is CSc1n[nH]c2c1NC(c1c(F)cccc1F)=Nc1ccccc1-2. The highest BCUT2D eigenvalue weighted by molar-refractivity contribution is 7.98. The van der Waals surface area contributed by atoms with E-state index in [1.165, 1.54) is 30.0 Å². The summed E-state index contributed by atoms with van der Waals surface area (Å²) in [4.78, 5) is 4.46. The van der Waals surface area contributed by atoms with Crippen molar-refractivity contribution in [3.8, 4) is 11.3 Å². The van der Waals surface area contributed by atoms with E-state index in [1.54, 1.807) is 6.07 Å². The van der Waals surface area contributed by atoms with E-state index in [2.05, 4.69) is 20.5 Å². The summed E-state index contributed by atoms with van der Waals surface area (Å²) in [7, 11) is 0. The quantitative estimate of drug-likeness (QED) is 0.670. The lowest BCUT2D eigenvalue weighted by Crippen LogP contribution is -2.17. The molecule has 1 aliphatic heterocycles. The van der Waals surface area contributed by atoms with Crippen molar-refractivity contribution in [2.24, 2.45) is 4.99 Å². The van der Waals surface area contributed by atoms with Gasteiger partial charge in [0.2, 0.25) is 0 Å². The zero-order valence-electron chi connectivity index (χ0n) is 12.6. The second kappa shape index (κ2) is 5.76. The summed E-state index contributed by atoms with van der Waals surface area (Å²) < 4.78 is 28.5. The van der Waals surface area contributed by atoms with Crippen LogP contribution in [0.3, 0.4) is 0 Å². The third-order valence-electron chi connectivity index (χ3n) is 3.78. The fraction of sp³-hybridized carbons (Fsp3) is 0.0588. The van der Waals surface area contributed by atoms with Crippen LogP contribution in [0.25, 0.3) is 11.3 Å². The number of halogens is 2. The fourth-order valence-corrected chi connectivity index (χ4v) is 3.17. The van der Waals surface area contributed by atoms with Gasteiger partial charge in [-0.15, -0.1) is 11.8 Å². The Morgan fingerprint density at radius 3 is 2.50 bits per heavy atom. The van der Waals surface area contributed by atoms with Crippen molar-refractivity contribution in [3.05, 3.63) is 59.7 Å². The van der Waals surface area contributed by atoms with Crippen LogP contribution >= 0.6 is 11.8 Å². The number of amidine groups is 1. The van der Waals surface area contributed by atoms with Crippen LogP contribution in [0.5, 0.6) is 0 Å². The van der Waals surface area contributed by atoms with Crippen LogP contribution in [0.1, 0.15) is 5.56 Å². The number of aromatic nitrogens is 2. The second-order valence-corrected chi connectivity index (χ2v) is 5.98. The minimum Gasteiger partial charge on any atom is -0.336 e. The lowest BCUT2D eigenvalue weighted by Gasteiger charge is -2.10. The highest BCUT2D eigenvalue weighted by Crippen LogP contribution is 2.40. The van der Waals surface area contributed by atoms with Gasteiger partial charge in [0.1, 0.15) is 28.2 Å². The minimum atomic E-state index is -0.670. The summed E-state index contributed by atoms with van der Waals surface area (Å²) in [6.45, 7) is 0. The van der Waals surface area contributed by atoms with Crippen LogP contribution < -0.4 is 5.32 Å². The number of nitrogens with zero attached hydrogens (tertiary/aromatic N) is 2. The third kappa shape index (κ3) is 2.28. The van der Waals surface area contributed by atoms with Crippen LogP contribution in [0.2, 0.25) is 0 Å². The molecule has 0 bridgehead atoms. The number of anilines is 1. The van der Waals surface area contributed by atoms with Gasteiger partial charge in [0, 0.05) is 5.56 Å². The normalized spacial score (nSPS) is 12.7. The predicted molar refractivity (Wildman–Crippen MR) is 92.0 cm³/mol. The molecular weight excluding hydrogens is 330 g/mol. The molecule has 0 unspecified atom stereocenters. The second-order valence-electron chi connectivity index (χ2n) is 5.18. The summed E-state index contributed by atoms with van der Waals surface area (Å²) in [5.74, 6) is -1.22. The Labute approximate surface area is 141 Å². The molecule has 1 aliphatic rings. The predicted octanol–water partition coefficient (Wildman–Crippen LogP) is 4.58. The zero-order chi connectivity index (χ0) is 16.7. The largest absolute Gasteiger partial charge is 0.336 e.